The second-order valence-corrected chi connectivity index (χ2v) is 8.54. The van der Waals surface area contributed by atoms with Gasteiger partial charge in [-0.15, -0.1) is 11.3 Å². The van der Waals surface area contributed by atoms with E-state index in [1.807, 2.05) is 66.0 Å². The van der Waals surface area contributed by atoms with Gasteiger partial charge in [0.1, 0.15) is 5.70 Å². The van der Waals surface area contributed by atoms with Crippen molar-refractivity contribution in [2.75, 3.05) is 10.2 Å². The number of amides is 2. The van der Waals surface area contributed by atoms with Gasteiger partial charge in [-0.3, -0.25) is 9.59 Å². The molecule has 1 aliphatic rings. The third-order valence-corrected chi connectivity index (χ3v) is 6.19. The Morgan fingerprint density at radius 2 is 1.63 bits per heavy atom. The molecule has 0 radical (unpaired) electrons. The number of hydrogen-bond acceptors (Lipinski definition) is 4. The van der Waals surface area contributed by atoms with Gasteiger partial charge in [0.25, 0.3) is 11.8 Å². The quantitative estimate of drug-likeness (QED) is 0.514. The minimum Gasteiger partial charge on any atom is -0.350 e. The van der Waals surface area contributed by atoms with Crippen LogP contribution in [-0.2, 0) is 16.0 Å². The van der Waals surface area contributed by atoms with E-state index in [1.54, 1.807) is 0 Å². The molecule has 0 saturated heterocycles. The average molecular weight is 417 g/mol. The predicted molar refractivity (Wildman–Crippen MR) is 124 cm³/mol. The van der Waals surface area contributed by atoms with Crippen molar-refractivity contribution in [3.8, 4) is 0 Å². The summed E-state index contributed by atoms with van der Waals surface area (Å²) in [5.41, 5.74) is 4.49. The van der Waals surface area contributed by atoms with Crippen molar-refractivity contribution >= 4 is 40.1 Å². The molecular formula is C25H24N2O2S. The zero-order valence-electron chi connectivity index (χ0n) is 17.3. The number of carbonyl (C=O) groups excluding carboxylic acids is 2. The number of hydrogen-bond donors (Lipinski definition) is 1. The number of anilines is 2. The second-order valence-electron chi connectivity index (χ2n) is 7.59. The molecule has 4 rings (SSSR count). The fraction of sp³-hybridized carbons (Fsp3) is 0.200. The van der Waals surface area contributed by atoms with Crippen LogP contribution in [0.15, 0.2) is 71.7 Å². The van der Waals surface area contributed by atoms with E-state index in [0.717, 1.165) is 17.0 Å². The zero-order valence-corrected chi connectivity index (χ0v) is 18.1. The molecule has 1 N–H and O–H groups in total. The van der Waals surface area contributed by atoms with Crippen LogP contribution in [0.1, 0.15) is 42.7 Å². The topological polar surface area (TPSA) is 49.4 Å². The van der Waals surface area contributed by atoms with Gasteiger partial charge in [0.2, 0.25) is 0 Å². The summed E-state index contributed by atoms with van der Waals surface area (Å²) in [7, 11) is 0. The number of aryl methyl sites for hydroxylation is 1. The van der Waals surface area contributed by atoms with Gasteiger partial charge in [0.05, 0.1) is 11.3 Å². The molecule has 4 nitrogen and oxygen atoms in total. The van der Waals surface area contributed by atoms with E-state index >= 15 is 0 Å². The minimum absolute atomic E-state index is 0.299. The highest BCUT2D eigenvalue weighted by Crippen LogP contribution is 2.35. The van der Waals surface area contributed by atoms with E-state index in [9.17, 15) is 9.59 Å². The molecule has 30 heavy (non-hydrogen) atoms. The molecule has 0 atom stereocenters. The molecule has 0 fully saturated rings. The van der Waals surface area contributed by atoms with Crippen molar-refractivity contribution < 1.29 is 9.59 Å². The van der Waals surface area contributed by atoms with Gasteiger partial charge in [-0.1, -0.05) is 51.1 Å². The van der Waals surface area contributed by atoms with Crippen LogP contribution in [0.5, 0.6) is 0 Å². The van der Waals surface area contributed by atoms with Crippen LogP contribution in [-0.4, -0.2) is 11.8 Å². The third kappa shape index (κ3) is 3.68. The standard InChI is InChI=1S/C25H24N2O2S/c1-4-17-7-11-19(12-8-17)26-23-22(21-6-5-15-30-21)24(28)27(25(23)29)20-13-9-18(10-14-20)16(2)3/h5-16,26H,4H2,1-3H3. The lowest BCUT2D eigenvalue weighted by Crippen LogP contribution is -2.32. The number of benzene rings is 2. The summed E-state index contributed by atoms with van der Waals surface area (Å²) in [5, 5.41) is 5.12. The molecule has 2 amide bonds. The molecule has 0 unspecified atom stereocenters. The molecule has 2 heterocycles. The molecule has 1 aliphatic heterocycles. The van der Waals surface area contributed by atoms with Gasteiger partial charge in [0, 0.05) is 10.6 Å². The van der Waals surface area contributed by atoms with Gasteiger partial charge >= 0.3 is 0 Å². The van der Waals surface area contributed by atoms with Crippen LogP contribution < -0.4 is 10.2 Å². The number of thiophene rings is 1. The molecule has 152 valence electrons. The van der Waals surface area contributed by atoms with Crippen LogP contribution >= 0.6 is 11.3 Å². The van der Waals surface area contributed by atoms with E-state index in [4.69, 9.17) is 0 Å². The highest BCUT2D eigenvalue weighted by molar-refractivity contribution is 7.11. The molecular weight excluding hydrogens is 392 g/mol. The fourth-order valence-electron chi connectivity index (χ4n) is 3.51. The largest absolute Gasteiger partial charge is 0.350 e. The summed E-state index contributed by atoms with van der Waals surface area (Å²) in [6, 6.07) is 19.3. The Hall–Kier alpha value is -3.18. The number of nitrogens with zero attached hydrogens (tertiary/aromatic N) is 1. The lowest BCUT2D eigenvalue weighted by molar-refractivity contribution is -0.120. The van der Waals surface area contributed by atoms with Crippen LogP contribution in [0.25, 0.3) is 5.57 Å². The Morgan fingerprint density at radius 1 is 0.933 bits per heavy atom. The predicted octanol–water partition coefficient (Wildman–Crippen LogP) is 5.83. The maximum atomic E-state index is 13.4. The highest BCUT2D eigenvalue weighted by Gasteiger charge is 2.40. The Labute approximate surface area is 180 Å². The molecule has 3 aromatic rings. The zero-order chi connectivity index (χ0) is 21.3. The normalized spacial score (nSPS) is 14.2. The van der Waals surface area contributed by atoms with Gasteiger partial charge in [-0.2, -0.15) is 0 Å². The first-order chi connectivity index (χ1) is 14.5. The van der Waals surface area contributed by atoms with Gasteiger partial charge in [-0.05, 0) is 59.2 Å². The summed E-state index contributed by atoms with van der Waals surface area (Å²) in [6.07, 6.45) is 0.945. The number of rotatable bonds is 6. The number of carbonyl (C=O) groups is 2. The van der Waals surface area contributed by atoms with Gasteiger partial charge in [0.15, 0.2) is 0 Å². The average Bonchev–Trinajstić information content (AvgIpc) is 3.35. The molecule has 2 aromatic carbocycles. The van der Waals surface area contributed by atoms with E-state index < -0.39 is 0 Å². The summed E-state index contributed by atoms with van der Waals surface area (Å²) in [5.74, 6) is -0.250. The first kappa shape index (κ1) is 20.1. The number of nitrogens with one attached hydrogen (secondary N) is 1. The maximum Gasteiger partial charge on any atom is 0.282 e. The molecule has 0 aliphatic carbocycles. The third-order valence-electron chi connectivity index (χ3n) is 5.30. The SMILES string of the molecule is CCc1ccc(NC2=C(c3cccs3)C(=O)N(c3ccc(C(C)C)cc3)C2=O)cc1. The van der Waals surface area contributed by atoms with Gasteiger partial charge < -0.3 is 5.32 Å². The fourth-order valence-corrected chi connectivity index (χ4v) is 4.27. The van der Waals surface area contributed by atoms with E-state index in [0.29, 0.717) is 22.9 Å². The molecule has 0 bridgehead atoms. The first-order valence-electron chi connectivity index (χ1n) is 10.1. The lowest BCUT2D eigenvalue weighted by Gasteiger charge is -2.16. The van der Waals surface area contributed by atoms with E-state index in [-0.39, 0.29) is 11.8 Å². The van der Waals surface area contributed by atoms with E-state index in [2.05, 4.69) is 26.1 Å². The van der Waals surface area contributed by atoms with Crippen molar-refractivity contribution in [3.05, 3.63) is 87.7 Å². The summed E-state index contributed by atoms with van der Waals surface area (Å²) >= 11 is 1.45. The van der Waals surface area contributed by atoms with Crippen LogP contribution in [0, 0.1) is 0 Å². The molecule has 5 heteroatoms. The van der Waals surface area contributed by atoms with Crippen LogP contribution in [0.4, 0.5) is 11.4 Å². The van der Waals surface area contributed by atoms with Crippen molar-refractivity contribution in [3.63, 3.8) is 0 Å². The second kappa shape index (κ2) is 8.28. The monoisotopic (exact) mass is 416 g/mol. The van der Waals surface area contributed by atoms with Crippen molar-refractivity contribution in [2.45, 2.75) is 33.1 Å². The van der Waals surface area contributed by atoms with Crippen LogP contribution in [0.2, 0.25) is 0 Å². The van der Waals surface area contributed by atoms with E-state index in [1.165, 1.54) is 27.4 Å². The Balaban J connectivity index is 1.72. The van der Waals surface area contributed by atoms with Crippen LogP contribution in [0.3, 0.4) is 0 Å². The first-order valence-corrected chi connectivity index (χ1v) is 11.0. The minimum atomic E-state index is -0.333. The highest BCUT2D eigenvalue weighted by atomic mass is 32.1. The Kier molecular flexibility index (Phi) is 5.55. The van der Waals surface area contributed by atoms with Gasteiger partial charge in [-0.25, -0.2) is 4.90 Å². The summed E-state index contributed by atoms with van der Waals surface area (Å²) in [4.78, 5) is 28.8. The smallest absolute Gasteiger partial charge is 0.282 e. The maximum absolute atomic E-state index is 13.4. The Bertz CT molecular complexity index is 1100. The van der Waals surface area contributed by atoms with Crippen molar-refractivity contribution in [1.29, 1.82) is 0 Å². The summed E-state index contributed by atoms with van der Waals surface area (Å²) < 4.78 is 0. The Morgan fingerprint density at radius 3 is 2.20 bits per heavy atom. The van der Waals surface area contributed by atoms with Crippen molar-refractivity contribution in [2.24, 2.45) is 0 Å². The number of imide groups is 1. The summed E-state index contributed by atoms with van der Waals surface area (Å²) in [6.45, 7) is 6.33. The molecule has 1 aromatic heterocycles. The van der Waals surface area contributed by atoms with Crippen molar-refractivity contribution in [1.82, 2.24) is 0 Å². The lowest BCUT2D eigenvalue weighted by atomic mass is 10.0. The molecule has 0 saturated carbocycles. The molecule has 0 spiro atoms.